The lowest BCUT2D eigenvalue weighted by Gasteiger charge is -2.37. The first kappa shape index (κ1) is 11.3. The zero-order chi connectivity index (χ0) is 11.5. The lowest BCUT2D eigenvalue weighted by atomic mass is 9.87. The van der Waals surface area contributed by atoms with Crippen molar-refractivity contribution in [1.82, 2.24) is 9.97 Å². The van der Waals surface area contributed by atoms with Gasteiger partial charge < -0.3 is 10.6 Å². The highest BCUT2D eigenvalue weighted by Crippen LogP contribution is 2.25. The Kier molecular flexibility index (Phi) is 3.39. The Bertz CT molecular complexity index is 353. The van der Waals surface area contributed by atoms with Gasteiger partial charge in [0.25, 0.3) is 0 Å². The molecule has 1 aromatic rings. The van der Waals surface area contributed by atoms with Crippen LogP contribution in [-0.2, 0) is 0 Å². The van der Waals surface area contributed by atoms with Crippen LogP contribution in [0.25, 0.3) is 0 Å². The molecule has 0 saturated carbocycles. The molecule has 16 heavy (non-hydrogen) atoms. The summed E-state index contributed by atoms with van der Waals surface area (Å²) in [5.41, 5.74) is 5.80. The van der Waals surface area contributed by atoms with Crippen LogP contribution in [0.3, 0.4) is 0 Å². The molecule has 0 radical (unpaired) electrons. The molecule has 0 bridgehead atoms. The predicted molar refractivity (Wildman–Crippen MR) is 65.3 cm³/mol. The molecule has 0 aromatic carbocycles. The summed E-state index contributed by atoms with van der Waals surface area (Å²) in [6.07, 6.45) is 3.03. The van der Waals surface area contributed by atoms with Crippen LogP contribution in [0.4, 0.5) is 5.82 Å². The van der Waals surface area contributed by atoms with E-state index in [1.807, 2.05) is 19.2 Å². The first-order chi connectivity index (χ1) is 7.70. The first-order valence-electron chi connectivity index (χ1n) is 5.95. The molecule has 4 heteroatoms. The van der Waals surface area contributed by atoms with Gasteiger partial charge in [-0.2, -0.15) is 0 Å². The van der Waals surface area contributed by atoms with Gasteiger partial charge in [0.1, 0.15) is 11.6 Å². The summed E-state index contributed by atoms with van der Waals surface area (Å²) >= 11 is 0. The zero-order valence-corrected chi connectivity index (χ0v) is 10.1. The van der Waals surface area contributed by atoms with E-state index < -0.39 is 0 Å². The molecular weight excluding hydrogens is 200 g/mol. The second-order valence-electron chi connectivity index (χ2n) is 4.67. The average Bonchev–Trinajstić information content (AvgIpc) is 2.29. The van der Waals surface area contributed by atoms with Crippen molar-refractivity contribution in [2.75, 3.05) is 24.5 Å². The van der Waals surface area contributed by atoms with E-state index in [1.54, 1.807) is 0 Å². The summed E-state index contributed by atoms with van der Waals surface area (Å²) in [5.74, 6) is 3.19. The molecular formula is C12H20N4. The normalized spacial score (nSPS) is 25.8. The number of nitrogens with zero attached hydrogens (tertiary/aromatic N) is 3. The van der Waals surface area contributed by atoms with Crippen molar-refractivity contribution in [2.24, 2.45) is 17.6 Å². The zero-order valence-electron chi connectivity index (χ0n) is 10.1. The molecule has 1 aliphatic heterocycles. The number of piperidine rings is 1. The van der Waals surface area contributed by atoms with Gasteiger partial charge in [0, 0.05) is 19.3 Å². The maximum Gasteiger partial charge on any atom is 0.132 e. The van der Waals surface area contributed by atoms with Crippen molar-refractivity contribution in [2.45, 2.75) is 20.3 Å². The van der Waals surface area contributed by atoms with Crippen molar-refractivity contribution in [3.05, 3.63) is 18.1 Å². The summed E-state index contributed by atoms with van der Waals surface area (Å²) in [4.78, 5) is 10.9. The Morgan fingerprint density at radius 3 is 3.06 bits per heavy atom. The second-order valence-corrected chi connectivity index (χ2v) is 4.67. The van der Waals surface area contributed by atoms with Crippen molar-refractivity contribution in [3.63, 3.8) is 0 Å². The van der Waals surface area contributed by atoms with Crippen LogP contribution >= 0.6 is 0 Å². The van der Waals surface area contributed by atoms with E-state index in [2.05, 4.69) is 21.8 Å². The lowest BCUT2D eigenvalue weighted by molar-refractivity contribution is 0.307. The van der Waals surface area contributed by atoms with Crippen LogP contribution in [0.15, 0.2) is 12.3 Å². The number of nitrogens with two attached hydrogens (primary N) is 1. The third-order valence-corrected chi connectivity index (χ3v) is 3.50. The maximum atomic E-state index is 5.80. The van der Waals surface area contributed by atoms with Gasteiger partial charge in [-0.3, -0.25) is 0 Å². The molecule has 2 N–H and O–H groups in total. The van der Waals surface area contributed by atoms with E-state index in [0.717, 1.165) is 37.2 Å². The number of hydrogen-bond donors (Lipinski definition) is 1. The first-order valence-corrected chi connectivity index (χ1v) is 5.95. The molecule has 2 heterocycles. The second kappa shape index (κ2) is 4.78. The van der Waals surface area contributed by atoms with Gasteiger partial charge in [-0.05, 0) is 37.8 Å². The molecule has 0 spiro atoms. The van der Waals surface area contributed by atoms with E-state index in [9.17, 15) is 0 Å². The Morgan fingerprint density at radius 2 is 2.38 bits per heavy atom. The topological polar surface area (TPSA) is 55.0 Å². The molecule has 0 amide bonds. The van der Waals surface area contributed by atoms with E-state index >= 15 is 0 Å². The SMILES string of the molecule is Cc1nccc(N2CCC(C)C(CN)C2)n1. The van der Waals surface area contributed by atoms with Crippen molar-refractivity contribution >= 4 is 5.82 Å². The van der Waals surface area contributed by atoms with Crippen LogP contribution in [0.5, 0.6) is 0 Å². The summed E-state index contributed by atoms with van der Waals surface area (Å²) in [7, 11) is 0. The number of aromatic nitrogens is 2. The van der Waals surface area contributed by atoms with E-state index in [1.165, 1.54) is 6.42 Å². The minimum Gasteiger partial charge on any atom is -0.356 e. The molecule has 2 unspecified atom stereocenters. The predicted octanol–water partition coefficient (Wildman–Crippen LogP) is 1.21. The quantitative estimate of drug-likeness (QED) is 0.814. The van der Waals surface area contributed by atoms with Crippen molar-refractivity contribution in [3.8, 4) is 0 Å². The molecule has 88 valence electrons. The van der Waals surface area contributed by atoms with E-state index in [-0.39, 0.29) is 0 Å². The van der Waals surface area contributed by atoms with Gasteiger partial charge in [0.2, 0.25) is 0 Å². The van der Waals surface area contributed by atoms with Gasteiger partial charge in [-0.15, -0.1) is 0 Å². The lowest BCUT2D eigenvalue weighted by Crippen LogP contribution is -2.43. The summed E-state index contributed by atoms with van der Waals surface area (Å²) in [6.45, 7) is 7.08. The highest BCUT2D eigenvalue weighted by Gasteiger charge is 2.25. The van der Waals surface area contributed by atoms with Crippen LogP contribution < -0.4 is 10.6 Å². The number of anilines is 1. The fraction of sp³-hybridized carbons (Fsp3) is 0.667. The van der Waals surface area contributed by atoms with E-state index in [0.29, 0.717) is 5.92 Å². The number of rotatable bonds is 2. The minimum atomic E-state index is 0.587. The van der Waals surface area contributed by atoms with Gasteiger partial charge in [-0.1, -0.05) is 6.92 Å². The van der Waals surface area contributed by atoms with Crippen LogP contribution in [-0.4, -0.2) is 29.6 Å². The highest BCUT2D eigenvalue weighted by atomic mass is 15.2. The van der Waals surface area contributed by atoms with Crippen molar-refractivity contribution in [1.29, 1.82) is 0 Å². The van der Waals surface area contributed by atoms with E-state index in [4.69, 9.17) is 5.73 Å². The van der Waals surface area contributed by atoms with Gasteiger partial charge in [-0.25, -0.2) is 9.97 Å². The van der Waals surface area contributed by atoms with Crippen LogP contribution in [0.1, 0.15) is 19.2 Å². The fourth-order valence-corrected chi connectivity index (χ4v) is 2.28. The van der Waals surface area contributed by atoms with Crippen molar-refractivity contribution < 1.29 is 0 Å². The van der Waals surface area contributed by atoms with Gasteiger partial charge >= 0.3 is 0 Å². The summed E-state index contributed by atoms with van der Waals surface area (Å²) in [5, 5.41) is 0. The van der Waals surface area contributed by atoms with Gasteiger partial charge in [0.05, 0.1) is 0 Å². The van der Waals surface area contributed by atoms with Crippen LogP contribution in [0, 0.1) is 18.8 Å². The number of hydrogen-bond acceptors (Lipinski definition) is 4. The Balaban J connectivity index is 2.11. The molecule has 0 aliphatic carbocycles. The molecule has 1 aliphatic rings. The third-order valence-electron chi connectivity index (χ3n) is 3.50. The smallest absolute Gasteiger partial charge is 0.132 e. The Hall–Kier alpha value is -1.16. The average molecular weight is 220 g/mol. The molecule has 1 aromatic heterocycles. The largest absolute Gasteiger partial charge is 0.356 e. The van der Waals surface area contributed by atoms with Gasteiger partial charge in [0.15, 0.2) is 0 Å². The molecule has 1 fully saturated rings. The summed E-state index contributed by atoms with van der Waals surface area (Å²) < 4.78 is 0. The Labute approximate surface area is 96.9 Å². The maximum absolute atomic E-state index is 5.80. The Morgan fingerprint density at radius 1 is 1.56 bits per heavy atom. The third kappa shape index (κ3) is 2.32. The standard InChI is InChI=1S/C12H20N4/c1-9-4-6-16(8-11(9)7-13)12-3-5-14-10(2)15-12/h3,5,9,11H,4,6-8,13H2,1-2H3. The van der Waals surface area contributed by atoms with Crippen LogP contribution in [0.2, 0.25) is 0 Å². The monoisotopic (exact) mass is 220 g/mol. The summed E-state index contributed by atoms with van der Waals surface area (Å²) in [6, 6.07) is 1.98. The highest BCUT2D eigenvalue weighted by molar-refractivity contribution is 5.38. The molecule has 2 rings (SSSR count). The molecule has 1 saturated heterocycles. The minimum absolute atomic E-state index is 0.587. The molecule has 4 nitrogen and oxygen atoms in total. The molecule has 2 atom stereocenters. The fourth-order valence-electron chi connectivity index (χ4n) is 2.28. The number of aryl methyl sites for hydroxylation is 1.